The van der Waals surface area contributed by atoms with Crippen molar-refractivity contribution in [3.8, 4) is 5.75 Å². The van der Waals surface area contributed by atoms with Crippen molar-refractivity contribution in [1.82, 2.24) is 0 Å². The molecule has 0 aliphatic heterocycles. The third-order valence-corrected chi connectivity index (χ3v) is 5.70. The van der Waals surface area contributed by atoms with Gasteiger partial charge in [-0.15, -0.1) is 0 Å². The van der Waals surface area contributed by atoms with Gasteiger partial charge in [-0.05, 0) is 17.7 Å². The molecule has 9 heteroatoms. The van der Waals surface area contributed by atoms with E-state index in [9.17, 15) is 27.7 Å². The van der Waals surface area contributed by atoms with Crippen LogP contribution in [0, 0.1) is 0 Å². The second-order valence-corrected chi connectivity index (χ2v) is 7.97. The van der Waals surface area contributed by atoms with Crippen LogP contribution in [-0.2, 0) is 10.1 Å². The van der Waals surface area contributed by atoms with Gasteiger partial charge in [-0.3, -0.25) is 9.59 Å². The number of carbonyl (C=O) groups excluding carboxylic acids is 2. The van der Waals surface area contributed by atoms with Crippen molar-refractivity contribution in [2.75, 3.05) is 5.32 Å². The maximum absolute atomic E-state index is 13.1. The molecule has 1 unspecified atom stereocenters. The molecule has 3 aromatic rings. The molecule has 0 spiro atoms. The summed E-state index contributed by atoms with van der Waals surface area (Å²) in [5, 5.41) is 11.1. The Labute approximate surface area is 194 Å². The summed E-state index contributed by atoms with van der Waals surface area (Å²) in [7, 11) is -4.86. The summed E-state index contributed by atoms with van der Waals surface area (Å²) in [5.41, 5.74) is 0.0405. The number of benzene rings is 3. The zero-order chi connectivity index (χ0) is 20.8. The van der Waals surface area contributed by atoms with Crippen LogP contribution in [-0.4, -0.2) is 29.6 Å². The van der Waals surface area contributed by atoms with Crippen molar-refractivity contribution < 1.29 is 57.2 Å². The first-order valence-electron chi connectivity index (χ1n) is 8.59. The summed E-state index contributed by atoms with van der Waals surface area (Å²) in [6.07, 6.45) is 0. The molecule has 0 radical (unpaired) electrons. The Morgan fingerprint density at radius 2 is 1.33 bits per heavy atom. The van der Waals surface area contributed by atoms with E-state index in [0.717, 1.165) is 0 Å². The van der Waals surface area contributed by atoms with E-state index in [0.29, 0.717) is 0 Å². The minimum Gasteiger partial charge on any atom is -0.746 e. The standard InChI is InChI=1S/C21H15NO6S.Na/c23-16-11-10-15(22-21(29(26,27)28)12-6-2-1-3-7-12)17-18(16)20(25)14-9-5-4-8-13(14)19(17)24;/h1-11,21-23H,(H,26,27,28);/q;+1/p-1. The maximum Gasteiger partial charge on any atom is 1.00 e. The summed E-state index contributed by atoms with van der Waals surface area (Å²) in [6.45, 7) is 0. The van der Waals surface area contributed by atoms with Gasteiger partial charge in [-0.25, -0.2) is 8.42 Å². The average molecular weight is 431 g/mol. The van der Waals surface area contributed by atoms with Crippen molar-refractivity contribution in [2.45, 2.75) is 5.37 Å². The number of phenolic OH excluding ortho intramolecular Hbond substituents is 1. The van der Waals surface area contributed by atoms with Crippen molar-refractivity contribution in [3.63, 3.8) is 0 Å². The molecule has 146 valence electrons. The molecule has 0 saturated heterocycles. The molecule has 3 aromatic carbocycles. The number of ketones is 2. The molecule has 0 fully saturated rings. The SMILES string of the molecule is O=C1c2ccccc2C(=O)c2c(NC(c3ccccc3)S(=O)(=O)[O-])ccc(O)c21.[Na+]. The number of hydrogen-bond acceptors (Lipinski definition) is 7. The Morgan fingerprint density at radius 1 is 0.800 bits per heavy atom. The summed E-state index contributed by atoms with van der Waals surface area (Å²) < 4.78 is 35.7. The number of nitrogens with one attached hydrogen (secondary N) is 1. The molecule has 0 bridgehead atoms. The predicted molar refractivity (Wildman–Crippen MR) is 104 cm³/mol. The fraction of sp³-hybridized carbons (Fsp3) is 0.0476. The summed E-state index contributed by atoms with van der Waals surface area (Å²) >= 11 is 0. The first-order chi connectivity index (χ1) is 13.8. The molecule has 30 heavy (non-hydrogen) atoms. The first kappa shape index (κ1) is 22.2. The third kappa shape index (κ3) is 3.80. The zero-order valence-electron chi connectivity index (χ0n) is 15.8. The van der Waals surface area contributed by atoms with Gasteiger partial charge in [0.25, 0.3) is 0 Å². The molecule has 0 heterocycles. The van der Waals surface area contributed by atoms with E-state index in [2.05, 4.69) is 5.32 Å². The summed E-state index contributed by atoms with van der Waals surface area (Å²) in [6, 6.07) is 16.3. The third-order valence-electron chi connectivity index (χ3n) is 4.73. The van der Waals surface area contributed by atoms with Gasteiger partial charge < -0.3 is 15.0 Å². The Bertz CT molecular complexity index is 1260. The van der Waals surface area contributed by atoms with Gasteiger partial charge in [-0.1, -0.05) is 54.6 Å². The van der Waals surface area contributed by atoms with Gasteiger partial charge in [0.2, 0.25) is 0 Å². The Balaban J connectivity index is 0.00000256. The van der Waals surface area contributed by atoms with Crippen LogP contribution in [0.4, 0.5) is 5.69 Å². The molecule has 0 aromatic heterocycles. The van der Waals surface area contributed by atoms with Crippen molar-refractivity contribution in [1.29, 1.82) is 0 Å². The van der Waals surface area contributed by atoms with E-state index in [-0.39, 0.29) is 63.1 Å². The predicted octanol–water partition coefficient (Wildman–Crippen LogP) is -0.173. The van der Waals surface area contributed by atoms with Gasteiger partial charge in [0, 0.05) is 16.8 Å². The van der Waals surface area contributed by atoms with E-state index < -0.39 is 32.8 Å². The molecule has 1 atom stereocenters. The van der Waals surface area contributed by atoms with Crippen LogP contribution in [0.3, 0.4) is 0 Å². The van der Waals surface area contributed by atoms with Crippen molar-refractivity contribution >= 4 is 27.4 Å². The zero-order valence-corrected chi connectivity index (χ0v) is 18.6. The maximum atomic E-state index is 13.1. The van der Waals surface area contributed by atoms with Crippen LogP contribution in [0.25, 0.3) is 0 Å². The van der Waals surface area contributed by atoms with Crippen molar-refractivity contribution in [3.05, 3.63) is 94.5 Å². The van der Waals surface area contributed by atoms with E-state index in [4.69, 9.17) is 0 Å². The van der Waals surface area contributed by atoms with Crippen LogP contribution in [0.5, 0.6) is 5.75 Å². The number of anilines is 1. The minimum absolute atomic E-state index is 0. The summed E-state index contributed by atoms with van der Waals surface area (Å²) in [5.74, 6) is -1.51. The molecule has 1 aliphatic rings. The molecule has 4 rings (SSSR count). The van der Waals surface area contributed by atoms with Crippen LogP contribution in [0.2, 0.25) is 0 Å². The second-order valence-electron chi connectivity index (χ2n) is 6.51. The Morgan fingerprint density at radius 3 is 1.90 bits per heavy atom. The second kappa shape index (κ2) is 8.33. The number of fused-ring (bicyclic) bond motifs is 2. The number of aromatic hydroxyl groups is 1. The topological polar surface area (TPSA) is 124 Å². The largest absolute Gasteiger partial charge is 1.00 e. The minimum atomic E-state index is -4.86. The quantitative estimate of drug-likeness (QED) is 0.261. The van der Waals surface area contributed by atoms with Crippen LogP contribution in [0.15, 0.2) is 66.7 Å². The molecular formula is C21H14NNaO6S. The monoisotopic (exact) mass is 431 g/mol. The Kier molecular flexibility index (Phi) is 6.16. The van der Waals surface area contributed by atoms with E-state index in [1.54, 1.807) is 30.3 Å². The van der Waals surface area contributed by atoms with E-state index >= 15 is 0 Å². The average Bonchev–Trinajstić information content (AvgIpc) is 2.70. The number of hydrogen-bond donors (Lipinski definition) is 2. The molecule has 0 amide bonds. The fourth-order valence-electron chi connectivity index (χ4n) is 3.42. The first-order valence-corrected chi connectivity index (χ1v) is 10.1. The molecular weight excluding hydrogens is 417 g/mol. The molecule has 7 nitrogen and oxygen atoms in total. The summed E-state index contributed by atoms with van der Waals surface area (Å²) in [4.78, 5) is 25.9. The van der Waals surface area contributed by atoms with Crippen LogP contribution in [0.1, 0.15) is 42.8 Å². The van der Waals surface area contributed by atoms with E-state index in [1.165, 1.54) is 36.4 Å². The molecule has 2 N–H and O–H groups in total. The van der Waals surface area contributed by atoms with E-state index in [1.807, 2.05) is 0 Å². The molecule has 1 aliphatic carbocycles. The van der Waals surface area contributed by atoms with Gasteiger partial charge in [0.1, 0.15) is 21.2 Å². The number of carbonyl (C=O) groups is 2. The normalized spacial score (nSPS) is 13.6. The number of phenols is 1. The van der Waals surface area contributed by atoms with Gasteiger partial charge in [0.05, 0.1) is 11.1 Å². The Hall–Kier alpha value is -2.49. The van der Waals surface area contributed by atoms with Gasteiger partial charge >= 0.3 is 29.6 Å². The van der Waals surface area contributed by atoms with Gasteiger partial charge in [-0.2, -0.15) is 0 Å². The van der Waals surface area contributed by atoms with Crippen LogP contribution >= 0.6 is 0 Å². The molecule has 0 saturated carbocycles. The number of rotatable bonds is 4. The fourth-order valence-corrected chi connectivity index (χ4v) is 4.18. The smallest absolute Gasteiger partial charge is 0.746 e. The van der Waals surface area contributed by atoms with Crippen LogP contribution < -0.4 is 34.9 Å². The van der Waals surface area contributed by atoms with Crippen molar-refractivity contribution in [2.24, 2.45) is 0 Å². The van der Waals surface area contributed by atoms with Gasteiger partial charge in [0.15, 0.2) is 11.6 Å².